The summed E-state index contributed by atoms with van der Waals surface area (Å²) in [6.45, 7) is 10.3. The van der Waals surface area contributed by atoms with E-state index in [1.807, 2.05) is 64.8 Å². The molecular weight excluding hydrogens is 556 g/mol. The molecule has 1 aliphatic heterocycles. The first-order valence-electron chi connectivity index (χ1n) is 14.4. The maximum absolute atomic E-state index is 12.4. The molecule has 0 spiro atoms. The van der Waals surface area contributed by atoms with Crippen molar-refractivity contribution < 1.29 is 9.53 Å². The number of aryl methyl sites for hydroxylation is 1. The van der Waals surface area contributed by atoms with Crippen molar-refractivity contribution in [3.8, 4) is 17.0 Å². The van der Waals surface area contributed by atoms with Crippen molar-refractivity contribution in [2.75, 3.05) is 68.3 Å². The highest BCUT2D eigenvalue weighted by molar-refractivity contribution is 6.02. The van der Waals surface area contributed by atoms with Gasteiger partial charge >= 0.3 is 0 Å². The fraction of sp³-hybridized carbons (Fsp3) is 0.344. The van der Waals surface area contributed by atoms with Crippen molar-refractivity contribution in [2.45, 2.75) is 19.3 Å². The molecule has 0 saturated heterocycles. The number of anilines is 6. The van der Waals surface area contributed by atoms with Crippen molar-refractivity contribution in [3.63, 3.8) is 0 Å². The standard InChI is InChI=1S/C32H40N10O2/c1-9-30(43)37-23-14-24(27(44-8)15-26(23)40(6)13-12-39(4)5)36-28-16-29(34-20-33-28)42-19-32(2,3)31-25(42)11-10-22(38-31)21-17-35-41(7)18-21/h9-11,14-18,20H,1,12-13,19H2,2-8H3,(H,37,43)(H,33,34,36). The van der Waals surface area contributed by atoms with Gasteiger partial charge in [-0.05, 0) is 38.4 Å². The number of fused-ring (bicyclic) bond motifs is 1. The molecule has 3 aromatic heterocycles. The van der Waals surface area contributed by atoms with E-state index >= 15 is 0 Å². The lowest BCUT2D eigenvalue weighted by molar-refractivity contribution is -0.111. The summed E-state index contributed by atoms with van der Waals surface area (Å²) in [7, 11) is 9.55. The highest BCUT2D eigenvalue weighted by atomic mass is 16.5. The fourth-order valence-electron chi connectivity index (χ4n) is 5.25. The normalized spacial score (nSPS) is 13.5. The molecule has 0 atom stereocenters. The number of nitrogens with one attached hydrogen (secondary N) is 2. The van der Waals surface area contributed by atoms with Crippen LogP contribution in [0.15, 0.2) is 61.7 Å². The van der Waals surface area contributed by atoms with Gasteiger partial charge in [0.2, 0.25) is 5.91 Å². The van der Waals surface area contributed by atoms with Crippen LogP contribution in [-0.2, 0) is 17.3 Å². The number of hydrogen-bond donors (Lipinski definition) is 2. The summed E-state index contributed by atoms with van der Waals surface area (Å²) in [4.78, 5) is 32.9. The van der Waals surface area contributed by atoms with Gasteiger partial charge in [0.15, 0.2) is 0 Å². The van der Waals surface area contributed by atoms with Gasteiger partial charge in [0.1, 0.15) is 23.7 Å². The van der Waals surface area contributed by atoms with Crippen molar-refractivity contribution >= 4 is 40.3 Å². The molecule has 1 aromatic carbocycles. The molecule has 4 aromatic rings. The lowest BCUT2D eigenvalue weighted by Gasteiger charge is -2.26. The number of benzene rings is 1. The quantitative estimate of drug-likeness (QED) is 0.239. The first kappa shape index (κ1) is 30.5. The van der Waals surface area contributed by atoms with Crippen molar-refractivity contribution in [1.82, 2.24) is 29.6 Å². The maximum atomic E-state index is 12.4. The Bertz CT molecular complexity index is 1680. The Labute approximate surface area is 258 Å². The van der Waals surface area contributed by atoms with Crippen LogP contribution in [0.25, 0.3) is 11.3 Å². The SMILES string of the molecule is C=CC(=O)Nc1cc(Nc2cc(N3CC(C)(C)c4nc(-c5cnn(C)c5)ccc43)ncn2)c(OC)cc1N(C)CCN(C)C. The number of likely N-dealkylation sites (N-methyl/N-ethyl adjacent to an activating group) is 2. The highest BCUT2D eigenvalue weighted by Crippen LogP contribution is 2.44. The third kappa shape index (κ3) is 6.35. The van der Waals surface area contributed by atoms with E-state index in [0.717, 1.165) is 47.2 Å². The van der Waals surface area contributed by atoms with Crippen LogP contribution in [0.3, 0.4) is 0 Å². The molecule has 0 fully saturated rings. The number of rotatable bonds is 11. The van der Waals surface area contributed by atoms with Crippen LogP contribution in [0.4, 0.5) is 34.4 Å². The second-order valence-corrected chi connectivity index (χ2v) is 11.8. The van der Waals surface area contributed by atoms with E-state index in [-0.39, 0.29) is 11.3 Å². The number of aromatic nitrogens is 5. The first-order valence-corrected chi connectivity index (χ1v) is 14.4. The molecule has 5 rings (SSSR count). The van der Waals surface area contributed by atoms with Gasteiger partial charge in [-0.2, -0.15) is 5.10 Å². The molecule has 0 unspecified atom stereocenters. The molecular formula is C32H40N10O2. The number of amides is 1. The van der Waals surface area contributed by atoms with Gasteiger partial charge in [-0.25, -0.2) is 15.0 Å². The number of pyridine rings is 1. The van der Waals surface area contributed by atoms with Gasteiger partial charge in [0, 0.05) is 63.0 Å². The van der Waals surface area contributed by atoms with E-state index < -0.39 is 0 Å². The summed E-state index contributed by atoms with van der Waals surface area (Å²) in [6.07, 6.45) is 6.58. The van der Waals surface area contributed by atoms with Gasteiger partial charge in [0.25, 0.3) is 0 Å². The Kier molecular flexibility index (Phi) is 8.54. The van der Waals surface area contributed by atoms with Gasteiger partial charge in [0.05, 0.1) is 47.4 Å². The fourth-order valence-corrected chi connectivity index (χ4v) is 5.25. The molecule has 1 amide bonds. The summed E-state index contributed by atoms with van der Waals surface area (Å²) in [5.74, 6) is 1.62. The molecule has 0 saturated carbocycles. The van der Waals surface area contributed by atoms with Crippen LogP contribution in [0.1, 0.15) is 19.5 Å². The lowest BCUT2D eigenvalue weighted by Crippen LogP contribution is -2.29. The molecule has 0 aliphatic carbocycles. The molecule has 1 aliphatic rings. The third-order valence-corrected chi connectivity index (χ3v) is 7.61. The molecule has 12 nitrogen and oxygen atoms in total. The van der Waals surface area contributed by atoms with Crippen molar-refractivity contribution in [3.05, 3.63) is 67.4 Å². The number of nitrogens with zero attached hydrogens (tertiary/aromatic N) is 8. The second-order valence-electron chi connectivity index (χ2n) is 11.8. The lowest BCUT2D eigenvalue weighted by atomic mass is 9.91. The van der Waals surface area contributed by atoms with Crippen LogP contribution in [0, 0.1) is 0 Å². The number of carbonyl (C=O) groups is 1. The predicted molar refractivity (Wildman–Crippen MR) is 175 cm³/mol. The molecule has 4 heterocycles. The number of carbonyl (C=O) groups excluding carboxylic acids is 1. The molecule has 44 heavy (non-hydrogen) atoms. The van der Waals surface area contributed by atoms with Crippen LogP contribution in [0.2, 0.25) is 0 Å². The Morgan fingerprint density at radius 3 is 2.61 bits per heavy atom. The van der Waals surface area contributed by atoms with Gasteiger partial charge in [-0.3, -0.25) is 9.48 Å². The Morgan fingerprint density at radius 2 is 1.93 bits per heavy atom. The van der Waals surface area contributed by atoms with E-state index in [0.29, 0.717) is 29.5 Å². The minimum Gasteiger partial charge on any atom is -0.494 e. The Balaban J connectivity index is 1.46. The molecule has 12 heteroatoms. The summed E-state index contributed by atoms with van der Waals surface area (Å²) < 4.78 is 7.55. The monoisotopic (exact) mass is 596 g/mol. The Hall–Kier alpha value is -4.97. The smallest absolute Gasteiger partial charge is 0.247 e. The summed E-state index contributed by atoms with van der Waals surface area (Å²) in [5, 5.41) is 10.6. The van der Waals surface area contributed by atoms with Crippen molar-refractivity contribution in [1.29, 1.82) is 0 Å². The summed E-state index contributed by atoms with van der Waals surface area (Å²) >= 11 is 0. The Morgan fingerprint density at radius 1 is 1.14 bits per heavy atom. The number of ether oxygens (including phenoxy) is 1. The van der Waals surface area contributed by atoms with Gasteiger partial charge < -0.3 is 30.1 Å². The number of hydrogen-bond acceptors (Lipinski definition) is 10. The second kappa shape index (κ2) is 12.3. The van der Waals surface area contributed by atoms with E-state index in [1.165, 1.54) is 12.4 Å². The molecule has 230 valence electrons. The van der Waals surface area contributed by atoms with E-state index in [9.17, 15) is 4.79 Å². The zero-order valence-electron chi connectivity index (χ0n) is 26.4. The predicted octanol–water partition coefficient (Wildman–Crippen LogP) is 4.58. The largest absolute Gasteiger partial charge is 0.494 e. The van der Waals surface area contributed by atoms with E-state index in [4.69, 9.17) is 9.72 Å². The average Bonchev–Trinajstić information content (AvgIpc) is 3.55. The summed E-state index contributed by atoms with van der Waals surface area (Å²) in [5.41, 5.74) is 5.76. The van der Waals surface area contributed by atoms with E-state index in [1.54, 1.807) is 11.8 Å². The number of methoxy groups -OCH3 is 1. The first-order chi connectivity index (χ1) is 21.0. The average molecular weight is 597 g/mol. The topological polar surface area (TPSA) is 117 Å². The molecule has 0 bridgehead atoms. The van der Waals surface area contributed by atoms with E-state index in [2.05, 4.69) is 66.9 Å². The van der Waals surface area contributed by atoms with Crippen molar-refractivity contribution in [2.24, 2.45) is 7.05 Å². The van der Waals surface area contributed by atoms with Crippen LogP contribution >= 0.6 is 0 Å². The summed E-state index contributed by atoms with van der Waals surface area (Å²) in [6, 6.07) is 9.77. The van der Waals surface area contributed by atoms with Crippen LogP contribution < -0.4 is 25.2 Å². The molecule has 2 N–H and O–H groups in total. The zero-order chi connectivity index (χ0) is 31.6. The zero-order valence-corrected chi connectivity index (χ0v) is 26.4. The minimum absolute atomic E-state index is 0.206. The van der Waals surface area contributed by atoms with Gasteiger partial charge in [-0.15, -0.1) is 0 Å². The van der Waals surface area contributed by atoms with Crippen LogP contribution in [0.5, 0.6) is 5.75 Å². The minimum atomic E-state index is -0.302. The maximum Gasteiger partial charge on any atom is 0.247 e. The third-order valence-electron chi connectivity index (χ3n) is 7.61. The highest BCUT2D eigenvalue weighted by Gasteiger charge is 2.38. The van der Waals surface area contributed by atoms with Gasteiger partial charge in [-0.1, -0.05) is 20.4 Å². The van der Waals surface area contributed by atoms with Crippen LogP contribution in [-0.4, -0.2) is 83.4 Å². The molecule has 0 radical (unpaired) electrons.